The second-order valence-corrected chi connectivity index (χ2v) is 4.07. The van der Waals surface area contributed by atoms with E-state index in [0.29, 0.717) is 11.3 Å². The SMILES string of the molecule is O=C(Nc1ccc(O)cc1)c1ccc(O)c(Cl)c1. The van der Waals surface area contributed by atoms with Crippen molar-refractivity contribution in [3.63, 3.8) is 0 Å². The molecule has 0 heterocycles. The Morgan fingerprint density at radius 3 is 2.33 bits per heavy atom. The minimum Gasteiger partial charge on any atom is -0.508 e. The van der Waals surface area contributed by atoms with Gasteiger partial charge < -0.3 is 15.5 Å². The number of amides is 1. The lowest BCUT2D eigenvalue weighted by Gasteiger charge is -2.06. The molecule has 0 bridgehead atoms. The van der Waals surface area contributed by atoms with Gasteiger partial charge in [-0.1, -0.05) is 11.6 Å². The highest BCUT2D eigenvalue weighted by Crippen LogP contribution is 2.24. The second-order valence-electron chi connectivity index (χ2n) is 3.67. The number of carbonyl (C=O) groups excluding carboxylic acids is 1. The fraction of sp³-hybridized carbons (Fsp3) is 0. The summed E-state index contributed by atoms with van der Waals surface area (Å²) in [6, 6.07) is 10.3. The smallest absolute Gasteiger partial charge is 0.255 e. The topological polar surface area (TPSA) is 69.6 Å². The van der Waals surface area contributed by atoms with Gasteiger partial charge >= 0.3 is 0 Å². The van der Waals surface area contributed by atoms with Crippen molar-refractivity contribution < 1.29 is 15.0 Å². The molecule has 3 N–H and O–H groups in total. The highest BCUT2D eigenvalue weighted by molar-refractivity contribution is 6.32. The number of phenolic OH excluding ortho intramolecular Hbond substituents is 2. The maximum Gasteiger partial charge on any atom is 0.255 e. The Labute approximate surface area is 108 Å². The molecule has 0 spiro atoms. The first-order valence-corrected chi connectivity index (χ1v) is 5.53. The van der Waals surface area contributed by atoms with Gasteiger partial charge in [-0.25, -0.2) is 0 Å². The van der Waals surface area contributed by atoms with Gasteiger partial charge in [-0.05, 0) is 42.5 Å². The van der Waals surface area contributed by atoms with Gasteiger partial charge in [0.2, 0.25) is 0 Å². The van der Waals surface area contributed by atoms with Crippen molar-refractivity contribution in [3.05, 3.63) is 53.1 Å². The van der Waals surface area contributed by atoms with Gasteiger partial charge in [0.25, 0.3) is 5.91 Å². The van der Waals surface area contributed by atoms with Crippen LogP contribution in [0.2, 0.25) is 5.02 Å². The highest BCUT2D eigenvalue weighted by Gasteiger charge is 2.08. The molecule has 0 saturated carbocycles. The third kappa shape index (κ3) is 2.73. The number of halogens is 1. The maximum atomic E-state index is 11.8. The van der Waals surface area contributed by atoms with E-state index in [4.69, 9.17) is 16.7 Å². The molecule has 0 aliphatic carbocycles. The molecule has 2 aromatic carbocycles. The first-order chi connectivity index (χ1) is 8.56. The zero-order valence-corrected chi connectivity index (χ0v) is 9.98. The fourth-order valence-corrected chi connectivity index (χ4v) is 1.58. The van der Waals surface area contributed by atoms with E-state index in [1.807, 2.05) is 0 Å². The molecule has 4 nitrogen and oxygen atoms in total. The van der Waals surface area contributed by atoms with Crippen LogP contribution in [0.15, 0.2) is 42.5 Å². The van der Waals surface area contributed by atoms with Crippen LogP contribution in [-0.4, -0.2) is 16.1 Å². The van der Waals surface area contributed by atoms with Crippen LogP contribution in [0.5, 0.6) is 11.5 Å². The predicted octanol–water partition coefficient (Wildman–Crippen LogP) is 3.00. The van der Waals surface area contributed by atoms with Crippen molar-refractivity contribution >= 4 is 23.2 Å². The van der Waals surface area contributed by atoms with Gasteiger partial charge in [0, 0.05) is 11.3 Å². The number of phenols is 2. The first kappa shape index (κ1) is 12.3. The summed E-state index contributed by atoms with van der Waals surface area (Å²) in [5, 5.41) is 21.1. The Hall–Kier alpha value is -2.20. The molecule has 1 amide bonds. The van der Waals surface area contributed by atoms with Gasteiger partial charge in [-0.15, -0.1) is 0 Å². The van der Waals surface area contributed by atoms with Crippen LogP contribution in [0.1, 0.15) is 10.4 Å². The van der Waals surface area contributed by atoms with E-state index in [-0.39, 0.29) is 22.4 Å². The number of hydrogen-bond acceptors (Lipinski definition) is 3. The predicted molar refractivity (Wildman–Crippen MR) is 69.2 cm³/mol. The van der Waals surface area contributed by atoms with Crippen LogP contribution in [-0.2, 0) is 0 Å². The summed E-state index contributed by atoms with van der Waals surface area (Å²) in [7, 11) is 0. The molecule has 0 aromatic heterocycles. The first-order valence-electron chi connectivity index (χ1n) is 5.15. The van der Waals surface area contributed by atoms with Gasteiger partial charge in [0.1, 0.15) is 11.5 Å². The lowest BCUT2D eigenvalue weighted by molar-refractivity contribution is 0.102. The van der Waals surface area contributed by atoms with E-state index in [1.165, 1.54) is 30.3 Å². The second kappa shape index (κ2) is 4.98. The number of benzene rings is 2. The average Bonchev–Trinajstić information content (AvgIpc) is 2.35. The number of anilines is 1. The highest BCUT2D eigenvalue weighted by atomic mass is 35.5. The number of hydrogen-bond donors (Lipinski definition) is 3. The summed E-state index contributed by atoms with van der Waals surface area (Å²) in [5.41, 5.74) is 0.896. The normalized spacial score (nSPS) is 10.1. The van der Waals surface area contributed by atoms with Crippen molar-refractivity contribution in [1.82, 2.24) is 0 Å². The van der Waals surface area contributed by atoms with E-state index >= 15 is 0 Å². The van der Waals surface area contributed by atoms with Gasteiger partial charge in [-0.3, -0.25) is 4.79 Å². The Balaban J connectivity index is 2.16. The summed E-state index contributed by atoms with van der Waals surface area (Å²) in [5.74, 6) is -0.291. The fourth-order valence-electron chi connectivity index (χ4n) is 1.40. The molecular formula is C13H10ClNO3. The molecule has 2 rings (SSSR count). The Kier molecular flexibility index (Phi) is 3.39. The maximum absolute atomic E-state index is 11.8. The van der Waals surface area contributed by atoms with Crippen LogP contribution >= 0.6 is 11.6 Å². The molecular weight excluding hydrogens is 254 g/mol. The molecule has 0 atom stereocenters. The summed E-state index contributed by atoms with van der Waals surface area (Å²) < 4.78 is 0. The van der Waals surface area contributed by atoms with Gasteiger partial charge in [0.05, 0.1) is 5.02 Å². The molecule has 92 valence electrons. The lowest BCUT2D eigenvalue weighted by atomic mass is 10.2. The molecule has 0 aliphatic rings. The van der Waals surface area contributed by atoms with E-state index in [0.717, 1.165) is 0 Å². The number of rotatable bonds is 2. The summed E-state index contributed by atoms with van der Waals surface area (Å²) in [4.78, 5) is 11.8. The standard InChI is InChI=1S/C13H10ClNO3/c14-11-7-8(1-6-12(11)17)13(18)15-9-2-4-10(16)5-3-9/h1-7,16-17H,(H,15,18). The largest absolute Gasteiger partial charge is 0.508 e. The zero-order valence-electron chi connectivity index (χ0n) is 9.22. The van der Waals surface area contributed by atoms with Crippen LogP contribution in [0, 0.1) is 0 Å². The van der Waals surface area contributed by atoms with E-state index in [2.05, 4.69) is 5.32 Å². The Morgan fingerprint density at radius 2 is 1.72 bits per heavy atom. The van der Waals surface area contributed by atoms with Crippen LogP contribution in [0.4, 0.5) is 5.69 Å². The Morgan fingerprint density at radius 1 is 1.06 bits per heavy atom. The monoisotopic (exact) mass is 263 g/mol. The van der Waals surface area contributed by atoms with Gasteiger partial charge in [-0.2, -0.15) is 0 Å². The summed E-state index contributed by atoms with van der Waals surface area (Å²) >= 11 is 5.72. The van der Waals surface area contributed by atoms with Crippen molar-refractivity contribution in [2.45, 2.75) is 0 Å². The quantitative estimate of drug-likeness (QED) is 0.730. The van der Waals surface area contributed by atoms with Crippen LogP contribution in [0.25, 0.3) is 0 Å². The average molecular weight is 264 g/mol. The minimum absolute atomic E-state index is 0.0714. The molecule has 2 aromatic rings. The minimum atomic E-state index is -0.345. The van der Waals surface area contributed by atoms with Crippen LogP contribution in [0.3, 0.4) is 0 Å². The molecule has 0 aliphatic heterocycles. The van der Waals surface area contributed by atoms with Gasteiger partial charge in [0.15, 0.2) is 0 Å². The Bertz CT molecular complexity index is 581. The molecule has 0 fully saturated rings. The number of carbonyl (C=O) groups is 1. The molecule has 18 heavy (non-hydrogen) atoms. The third-order valence-electron chi connectivity index (χ3n) is 2.34. The van der Waals surface area contributed by atoms with E-state index in [1.54, 1.807) is 12.1 Å². The van der Waals surface area contributed by atoms with E-state index in [9.17, 15) is 9.90 Å². The zero-order chi connectivity index (χ0) is 13.1. The molecule has 5 heteroatoms. The summed E-state index contributed by atoms with van der Waals surface area (Å²) in [6.45, 7) is 0. The molecule has 0 saturated heterocycles. The summed E-state index contributed by atoms with van der Waals surface area (Å²) in [6.07, 6.45) is 0. The van der Waals surface area contributed by atoms with Crippen molar-refractivity contribution in [1.29, 1.82) is 0 Å². The molecule has 0 radical (unpaired) electrons. The van der Waals surface area contributed by atoms with Crippen molar-refractivity contribution in [2.24, 2.45) is 0 Å². The van der Waals surface area contributed by atoms with Crippen LogP contribution < -0.4 is 5.32 Å². The number of aromatic hydroxyl groups is 2. The molecule has 0 unspecified atom stereocenters. The van der Waals surface area contributed by atoms with E-state index < -0.39 is 0 Å². The third-order valence-corrected chi connectivity index (χ3v) is 2.64. The lowest BCUT2D eigenvalue weighted by Crippen LogP contribution is -2.11. The number of nitrogens with one attached hydrogen (secondary N) is 1. The van der Waals surface area contributed by atoms with Crippen molar-refractivity contribution in [2.75, 3.05) is 5.32 Å². The van der Waals surface area contributed by atoms with Crippen molar-refractivity contribution in [3.8, 4) is 11.5 Å².